The van der Waals surface area contributed by atoms with E-state index in [2.05, 4.69) is 27.5 Å². The maximum Gasteiger partial charge on any atom is 0.131 e. The molecule has 1 aliphatic rings. The molecule has 0 spiro atoms. The summed E-state index contributed by atoms with van der Waals surface area (Å²) in [6.45, 7) is 3.58. The van der Waals surface area contributed by atoms with Crippen molar-refractivity contribution in [1.82, 2.24) is 9.97 Å². The molecule has 1 aliphatic carbocycles. The van der Waals surface area contributed by atoms with E-state index in [0.717, 1.165) is 37.4 Å². The van der Waals surface area contributed by atoms with Crippen molar-refractivity contribution in [1.29, 1.82) is 0 Å². The first-order chi connectivity index (χ1) is 8.29. The van der Waals surface area contributed by atoms with E-state index in [1.165, 1.54) is 6.33 Å². The smallest absolute Gasteiger partial charge is 0.131 e. The van der Waals surface area contributed by atoms with E-state index in [-0.39, 0.29) is 6.10 Å². The number of anilines is 2. The van der Waals surface area contributed by atoms with E-state index < -0.39 is 0 Å². The Hall–Kier alpha value is -1.36. The highest BCUT2D eigenvalue weighted by molar-refractivity contribution is 5.46. The number of aromatic nitrogens is 2. The van der Waals surface area contributed by atoms with Gasteiger partial charge in [0, 0.05) is 19.2 Å². The van der Waals surface area contributed by atoms with Crippen LogP contribution in [0.4, 0.5) is 11.6 Å². The number of rotatable bonds is 7. The number of aliphatic hydroxyl groups is 1. The Kier molecular flexibility index (Phi) is 4.14. The highest BCUT2D eigenvalue weighted by Crippen LogP contribution is 2.32. The SMILES string of the molecule is CCCNc1cc(NCC(O)C2CC2)ncn1. The molecule has 0 amide bonds. The molecule has 94 valence electrons. The van der Waals surface area contributed by atoms with Crippen molar-refractivity contribution in [3.63, 3.8) is 0 Å². The molecular formula is C12H20N4O. The summed E-state index contributed by atoms with van der Waals surface area (Å²) in [5.74, 6) is 2.07. The molecule has 3 N–H and O–H groups in total. The zero-order valence-corrected chi connectivity index (χ0v) is 10.2. The molecule has 1 atom stereocenters. The maximum atomic E-state index is 9.74. The zero-order valence-electron chi connectivity index (χ0n) is 10.2. The van der Waals surface area contributed by atoms with Crippen LogP contribution in [0.25, 0.3) is 0 Å². The topological polar surface area (TPSA) is 70.1 Å². The predicted octanol–water partition coefficient (Wildman–Crippen LogP) is 1.48. The van der Waals surface area contributed by atoms with Crippen LogP contribution >= 0.6 is 0 Å². The molecule has 1 saturated carbocycles. The van der Waals surface area contributed by atoms with Crippen molar-refractivity contribution >= 4 is 11.6 Å². The lowest BCUT2D eigenvalue weighted by Gasteiger charge is -2.11. The fourth-order valence-corrected chi connectivity index (χ4v) is 1.66. The molecule has 0 bridgehead atoms. The van der Waals surface area contributed by atoms with Crippen LogP contribution in [0.5, 0.6) is 0 Å². The molecule has 1 aromatic rings. The second-order valence-electron chi connectivity index (χ2n) is 4.50. The Bertz CT molecular complexity index is 354. The molecule has 1 unspecified atom stereocenters. The van der Waals surface area contributed by atoms with Crippen molar-refractivity contribution in [2.24, 2.45) is 5.92 Å². The van der Waals surface area contributed by atoms with Crippen LogP contribution in [0.3, 0.4) is 0 Å². The van der Waals surface area contributed by atoms with Gasteiger partial charge in [0.25, 0.3) is 0 Å². The molecule has 2 rings (SSSR count). The van der Waals surface area contributed by atoms with Gasteiger partial charge in [-0.3, -0.25) is 0 Å². The zero-order chi connectivity index (χ0) is 12.1. The summed E-state index contributed by atoms with van der Waals surface area (Å²) in [7, 11) is 0. The molecule has 1 aromatic heterocycles. The minimum absolute atomic E-state index is 0.253. The van der Waals surface area contributed by atoms with Crippen molar-refractivity contribution in [2.45, 2.75) is 32.3 Å². The highest BCUT2D eigenvalue weighted by Gasteiger charge is 2.29. The van der Waals surface area contributed by atoms with Crippen molar-refractivity contribution in [2.75, 3.05) is 23.7 Å². The first-order valence-electron chi connectivity index (χ1n) is 6.27. The number of hydrogen-bond donors (Lipinski definition) is 3. The van der Waals surface area contributed by atoms with Gasteiger partial charge in [-0.2, -0.15) is 0 Å². The van der Waals surface area contributed by atoms with Crippen molar-refractivity contribution < 1.29 is 5.11 Å². The average molecular weight is 236 g/mol. The van der Waals surface area contributed by atoms with Crippen molar-refractivity contribution in [3.8, 4) is 0 Å². The van der Waals surface area contributed by atoms with Gasteiger partial charge >= 0.3 is 0 Å². The van der Waals surface area contributed by atoms with Gasteiger partial charge in [-0.1, -0.05) is 6.92 Å². The molecule has 1 fully saturated rings. The summed E-state index contributed by atoms with van der Waals surface area (Å²) in [5, 5.41) is 16.1. The third-order valence-electron chi connectivity index (χ3n) is 2.88. The van der Waals surface area contributed by atoms with E-state index in [1.54, 1.807) is 0 Å². The Morgan fingerprint density at radius 1 is 1.35 bits per heavy atom. The lowest BCUT2D eigenvalue weighted by molar-refractivity contribution is 0.164. The summed E-state index contributed by atoms with van der Waals surface area (Å²) in [5.41, 5.74) is 0. The Labute approximate surface area is 102 Å². The molecule has 0 saturated heterocycles. The Balaban J connectivity index is 1.82. The van der Waals surface area contributed by atoms with Crippen LogP contribution < -0.4 is 10.6 Å². The molecule has 0 radical (unpaired) electrons. The second-order valence-corrected chi connectivity index (χ2v) is 4.50. The standard InChI is InChI=1S/C12H20N4O/c1-2-5-13-11-6-12(16-8-15-11)14-7-10(17)9-3-4-9/h6,8-10,17H,2-5,7H2,1H3,(H2,13,14,15,16). The van der Waals surface area contributed by atoms with Gasteiger partial charge in [0.2, 0.25) is 0 Å². The van der Waals surface area contributed by atoms with E-state index in [1.807, 2.05) is 6.07 Å². The number of hydrogen-bond acceptors (Lipinski definition) is 5. The summed E-state index contributed by atoms with van der Waals surface area (Å²) in [6, 6.07) is 1.87. The van der Waals surface area contributed by atoms with Crippen LogP contribution in [0, 0.1) is 5.92 Å². The molecule has 17 heavy (non-hydrogen) atoms. The first kappa shape index (κ1) is 12.1. The van der Waals surface area contributed by atoms with Gasteiger partial charge in [-0.15, -0.1) is 0 Å². The van der Waals surface area contributed by atoms with E-state index in [4.69, 9.17) is 0 Å². The summed E-state index contributed by atoms with van der Waals surface area (Å²) >= 11 is 0. The van der Waals surface area contributed by atoms with Gasteiger partial charge in [0.1, 0.15) is 18.0 Å². The van der Waals surface area contributed by atoms with E-state index in [0.29, 0.717) is 12.5 Å². The quantitative estimate of drug-likeness (QED) is 0.669. The predicted molar refractivity (Wildman–Crippen MR) is 68.0 cm³/mol. The summed E-state index contributed by atoms with van der Waals surface area (Å²) in [4.78, 5) is 8.25. The number of nitrogens with one attached hydrogen (secondary N) is 2. The van der Waals surface area contributed by atoms with Crippen LogP contribution in [-0.4, -0.2) is 34.3 Å². The lowest BCUT2D eigenvalue weighted by Crippen LogP contribution is -2.21. The van der Waals surface area contributed by atoms with Crippen LogP contribution in [0.15, 0.2) is 12.4 Å². The van der Waals surface area contributed by atoms with Crippen LogP contribution in [-0.2, 0) is 0 Å². The highest BCUT2D eigenvalue weighted by atomic mass is 16.3. The lowest BCUT2D eigenvalue weighted by atomic mass is 10.2. The van der Waals surface area contributed by atoms with Crippen LogP contribution in [0.1, 0.15) is 26.2 Å². The second kappa shape index (κ2) is 5.82. The van der Waals surface area contributed by atoms with E-state index in [9.17, 15) is 5.11 Å². The molecular weight excluding hydrogens is 216 g/mol. The third kappa shape index (κ3) is 3.85. The summed E-state index contributed by atoms with van der Waals surface area (Å²) in [6.07, 6.45) is 4.64. The van der Waals surface area contributed by atoms with Gasteiger partial charge in [0.15, 0.2) is 0 Å². The minimum Gasteiger partial charge on any atom is -0.391 e. The van der Waals surface area contributed by atoms with Gasteiger partial charge in [0.05, 0.1) is 6.10 Å². The minimum atomic E-state index is -0.253. The van der Waals surface area contributed by atoms with Gasteiger partial charge in [-0.05, 0) is 25.2 Å². The van der Waals surface area contributed by atoms with E-state index >= 15 is 0 Å². The Morgan fingerprint density at radius 3 is 2.71 bits per heavy atom. The monoisotopic (exact) mass is 236 g/mol. The maximum absolute atomic E-state index is 9.74. The molecule has 0 aliphatic heterocycles. The average Bonchev–Trinajstić information content (AvgIpc) is 3.18. The molecule has 5 heteroatoms. The largest absolute Gasteiger partial charge is 0.391 e. The number of nitrogens with zero attached hydrogens (tertiary/aromatic N) is 2. The fraction of sp³-hybridized carbons (Fsp3) is 0.667. The fourth-order valence-electron chi connectivity index (χ4n) is 1.66. The van der Waals surface area contributed by atoms with Gasteiger partial charge < -0.3 is 15.7 Å². The summed E-state index contributed by atoms with van der Waals surface area (Å²) < 4.78 is 0. The first-order valence-corrected chi connectivity index (χ1v) is 6.27. The normalized spacial score (nSPS) is 16.6. The number of aliphatic hydroxyl groups excluding tert-OH is 1. The molecule has 1 heterocycles. The van der Waals surface area contributed by atoms with Crippen LogP contribution in [0.2, 0.25) is 0 Å². The molecule has 0 aromatic carbocycles. The van der Waals surface area contributed by atoms with Gasteiger partial charge in [-0.25, -0.2) is 9.97 Å². The Morgan fingerprint density at radius 2 is 2.06 bits per heavy atom. The van der Waals surface area contributed by atoms with Crippen molar-refractivity contribution in [3.05, 3.63) is 12.4 Å². The third-order valence-corrected chi connectivity index (χ3v) is 2.88. The molecule has 5 nitrogen and oxygen atoms in total.